The Morgan fingerprint density at radius 1 is 1.45 bits per heavy atom. The smallest absolute Gasteiger partial charge is 0.371 e. The number of aromatic carboxylic acids is 1. The maximum Gasteiger partial charge on any atom is 0.371 e. The maximum absolute atomic E-state index is 10.8. The lowest BCUT2D eigenvalue weighted by molar-refractivity contribution is 0.0656. The molecule has 7 heteroatoms. The Morgan fingerprint density at radius 3 is 3.00 bits per heavy atom. The summed E-state index contributed by atoms with van der Waals surface area (Å²) in [4.78, 5) is 21.5. The van der Waals surface area contributed by atoms with Gasteiger partial charge in [0.05, 0.1) is 0 Å². The zero-order valence-electron chi connectivity index (χ0n) is 10.5. The van der Waals surface area contributed by atoms with Gasteiger partial charge in [-0.25, -0.2) is 14.8 Å². The van der Waals surface area contributed by atoms with Gasteiger partial charge >= 0.3 is 5.97 Å². The molecule has 0 fully saturated rings. The molecule has 0 amide bonds. The van der Waals surface area contributed by atoms with Crippen molar-refractivity contribution < 1.29 is 14.3 Å². The summed E-state index contributed by atoms with van der Waals surface area (Å²) in [7, 11) is 0. The standard InChI is InChI=1S/C13H10N2O3S2/c1-2-7-5-8-11(19-7)14-6-15-12(8)20-10-4-3-9(18-10)13(16)17/h3-6H,2H2,1H3,(H,16,17). The van der Waals surface area contributed by atoms with Crippen LogP contribution < -0.4 is 0 Å². The number of carboxylic acids is 1. The highest BCUT2D eigenvalue weighted by Gasteiger charge is 2.13. The van der Waals surface area contributed by atoms with Crippen LogP contribution in [0.1, 0.15) is 22.4 Å². The van der Waals surface area contributed by atoms with E-state index < -0.39 is 5.97 Å². The van der Waals surface area contributed by atoms with Crippen LogP contribution in [0.25, 0.3) is 10.2 Å². The molecule has 0 atom stereocenters. The molecule has 0 aromatic carbocycles. The predicted octanol–water partition coefficient (Wildman–Crippen LogP) is 3.70. The topological polar surface area (TPSA) is 76.2 Å². The Kier molecular flexibility index (Phi) is 3.45. The van der Waals surface area contributed by atoms with E-state index in [2.05, 4.69) is 23.0 Å². The first kappa shape index (κ1) is 13.1. The van der Waals surface area contributed by atoms with Gasteiger partial charge in [-0.2, -0.15) is 0 Å². The van der Waals surface area contributed by atoms with Gasteiger partial charge in [-0.05, 0) is 36.4 Å². The molecule has 3 aromatic heterocycles. The zero-order valence-corrected chi connectivity index (χ0v) is 12.1. The number of hydrogen-bond acceptors (Lipinski definition) is 6. The van der Waals surface area contributed by atoms with E-state index in [9.17, 15) is 4.79 Å². The van der Waals surface area contributed by atoms with E-state index in [1.807, 2.05) is 0 Å². The average Bonchev–Trinajstić information content (AvgIpc) is 3.05. The summed E-state index contributed by atoms with van der Waals surface area (Å²) in [6.45, 7) is 2.09. The SMILES string of the molecule is CCc1cc2c(Sc3ccc(C(=O)O)o3)ncnc2s1. The normalized spacial score (nSPS) is 11.1. The summed E-state index contributed by atoms with van der Waals surface area (Å²) < 4.78 is 5.24. The third kappa shape index (κ3) is 2.41. The van der Waals surface area contributed by atoms with Gasteiger partial charge in [-0.3, -0.25) is 0 Å². The summed E-state index contributed by atoms with van der Waals surface area (Å²) in [5.74, 6) is -1.15. The van der Waals surface area contributed by atoms with Crippen molar-refractivity contribution in [1.29, 1.82) is 0 Å². The van der Waals surface area contributed by atoms with Crippen LogP contribution >= 0.6 is 23.1 Å². The molecule has 0 aliphatic rings. The minimum atomic E-state index is -1.08. The second-order valence-electron chi connectivity index (χ2n) is 3.99. The summed E-state index contributed by atoms with van der Waals surface area (Å²) >= 11 is 2.95. The zero-order chi connectivity index (χ0) is 14.1. The minimum Gasteiger partial charge on any atom is -0.475 e. The first-order valence-electron chi connectivity index (χ1n) is 5.91. The van der Waals surface area contributed by atoms with E-state index in [1.165, 1.54) is 29.0 Å². The first-order valence-corrected chi connectivity index (χ1v) is 7.55. The van der Waals surface area contributed by atoms with Crippen molar-refractivity contribution >= 4 is 39.3 Å². The molecule has 102 valence electrons. The van der Waals surface area contributed by atoms with Gasteiger partial charge in [0, 0.05) is 10.3 Å². The number of aromatic nitrogens is 2. The highest BCUT2D eigenvalue weighted by atomic mass is 32.2. The van der Waals surface area contributed by atoms with Crippen molar-refractivity contribution in [2.45, 2.75) is 23.5 Å². The number of thiophene rings is 1. The highest BCUT2D eigenvalue weighted by molar-refractivity contribution is 7.99. The molecule has 3 rings (SSSR count). The van der Waals surface area contributed by atoms with Crippen LogP contribution in [0.5, 0.6) is 0 Å². The summed E-state index contributed by atoms with van der Waals surface area (Å²) in [5, 5.41) is 11.1. The van der Waals surface area contributed by atoms with Crippen LogP contribution in [0.3, 0.4) is 0 Å². The number of furan rings is 1. The molecule has 20 heavy (non-hydrogen) atoms. The van der Waals surface area contributed by atoms with Gasteiger partial charge in [0.2, 0.25) is 5.76 Å². The van der Waals surface area contributed by atoms with E-state index in [0.29, 0.717) is 5.09 Å². The number of nitrogens with zero attached hydrogens (tertiary/aromatic N) is 2. The molecule has 0 unspecified atom stereocenters. The fourth-order valence-electron chi connectivity index (χ4n) is 1.72. The van der Waals surface area contributed by atoms with E-state index in [1.54, 1.807) is 17.4 Å². The van der Waals surface area contributed by atoms with Crippen LogP contribution in [0.15, 0.2) is 39.1 Å². The van der Waals surface area contributed by atoms with Crippen molar-refractivity contribution in [1.82, 2.24) is 9.97 Å². The van der Waals surface area contributed by atoms with Crippen LogP contribution in [0.2, 0.25) is 0 Å². The van der Waals surface area contributed by atoms with Gasteiger partial charge in [0.25, 0.3) is 0 Å². The number of carboxylic acid groups (broad SMARTS) is 1. The molecule has 0 saturated heterocycles. The summed E-state index contributed by atoms with van der Waals surface area (Å²) in [6.07, 6.45) is 2.47. The van der Waals surface area contributed by atoms with Crippen LogP contribution in [0, 0.1) is 0 Å². The van der Waals surface area contributed by atoms with Gasteiger partial charge in [0.1, 0.15) is 16.2 Å². The lowest BCUT2D eigenvalue weighted by Gasteiger charge is -1.98. The average molecular weight is 306 g/mol. The molecule has 0 saturated carbocycles. The summed E-state index contributed by atoms with van der Waals surface area (Å²) in [6, 6.07) is 5.15. The maximum atomic E-state index is 10.8. The fourth-order valence-corrected chi connectivity index (χ4v) is 3.55. The molecule has 0 spiro atoms. The van der Waals surface area contributed by atoms with Gasteiger partial charge in [-0.1, -0.05) is 6.92 Å². The molecule has 0 bridgehead atoms. The molecular weight excluding hydrogens is 296 g/mol. The number of fused-ring (bicyclic) bond motifs is 1. The third-order valence-electron chi connectivity index (χ3n) is 2.68. The fraction of sp³-hybridized carbons (Fsp3) is 0.154. The van der Waals surface area contributed by atoms with Crippen LogP contribution in [0.4, 0.5) is 0 Å². The molecular formula is C13H10N2O3S2. The summed E-state index contributed by atoms with van der Waals surface area (Å²) in [5.41, 5.74) is 0. The van der Waals surface area contributed by atoms with Crippen molar-refractivity contribution in [2.75, 3.05) is 0 Å². The Labute approximate surface area is 122 Å². The Hall–Kier alpha value is -1.86. The second-order valence-corrected chi connectivity index (χ2v) is 6.10. The molecule has 3 aromatic rings. The number of carbonyl (C=O) groups is 1. The van der Waals surface area contributed by atoms with E-state index in [0.717, 1.165) is 21.7 Å². The van der Waals surface area contributed by atoms with Crippen molar-refractivity contribution in [3.8, 4) is 0 Å². The Bertz CT molecular complexity index is 779. The van der Waals surface area contributed by atoms with E-state index in [4.69, 9.17) is 9.52 Å². The monoisotopic (exact) mass is 306 g/mol. The number of aryl methyl sites for hydroxylation is 1. The predicted molar refractivity (Wildman–Crippen MR) is 76.6 cm³/mol. The lowest BCUT2D eigenvalue weighted by Crippen LogP contribution is -1.91. The first-order chi connectivity index (χ1) is 9.67. The quantitative estimate of drug-likeness (QED) is 0.741. The molecule has 0 aliphatic carbocycles. The highest BCUT2D eigenvalue weighted by Crippen LogP contribution is 2.35. The van der Waals surface area contributed by atoms with Crippen LogP contribution in [-0.4, -0.2) is 21.0 Å². The van der Waals surface area contributed by atoms with E-state index >= 15 is 0 Å². The van der Waals surface area contributed by atoms with Crippen molar-refractivity contribution in [2.24, 2.45) is 0 Å². The number of rotatable bonds is 4. The Balaban J connectivity index is 1.97. The second kappa shape index (κ2) is 5.26. The largest absolute Gasteiger partial charge is 0.475 e. The van der Waals surface area contributed by atoms with Crippen LogP contribution in [-0.2, 0) is 6.42 Å². The molecule has 1 N–H and O–H groups in total. The molecule has 5 nitrogen and oxygen atoms in total. The van der Waals surface area contributed by atoms with Gasteiger partial charge in [0.15, 0.2) is 5.09 Å². The third-order valence-corrected chi connectivity index (χ3v) is 4.81. The van der Waals surface area contributed by atoms with Crippen molar-refractivity contribution in [3.63, 3.8) is 0 Å². The molecule has 0 aliphatic heterocycles. The lowest BCUT2D eigenvalue weighted by atomic mass is 10.3. The minimum absolute atomic E-state index is 0.0719. The Morgan fingerprint density at radius 2 is 2.30 bits per heavy atom. The van der Waals surface area contributed by atoms with Gasteiger partial charge in [-0.15, -0.1) is 11.3 Å². The molecule has 0 radical (unpaired) electrons. The van der Waals surface area contributed by atoms with Crippen molar-refractivity contribution in [3.05, 3.63) is 35.2 Å². The van der Waals surface area contributed by atoms with E-state index in [-0.39, 0.29) is 5.76 Å². The molecule has 3 heterocycles. The number of hydrogen-bond donors (Lipinski definition) is 1. The van der Waals surface area contributed by atoms with Gasteiger partial charge < -0.3 is 9.52 Å².